The van der Waals surface area contributed by atoms with Crippen LogP contribution in [-0.2, 0) is 11.3 Å². The maximum absolute atomic E-state index is 11.7. The van der Waals surface area contributed by atoms with E-state index >= 15 is 0 Å². The number of alkyl carbamates (subject to hydrolysis) is 1. The summed E-state index contributed by atoms with van der Waals surface area (Å²) in [6.45, 7) is 6.26. The molecule has 0 radical (unpaired) electrons. The molecule has 112 valence electrons. The molecule has 20 heavy (non-hydrogen) atoms. The van der Waals surface area contributed by atoms with E-state index in [-0.39, 0.29) is 12.1 Å². The minimum absolute atomic E-state index is 0.178. The monoisotopic (exact) mass is 281 g/mol. The highest BCUT2D eigenvalue weighted by molar-refractivity contribution is 5.68. The largest absolute Gasteiger partial charge is 0.444 e. The maximum atomic E-state index is 11.7. The van der Waals surface area contributed by atoms with Crippen molar-refractivity contribution < 1.29 is 14.1 Å². The van der Waals surface area contributed by atoms with Crippen molar-refractivity contribution in [2.45, 2.75) is 64.3 Å². The van der Waals surface area contributed by atoms with Crippen molar-refractivity contribution >= 4 is 6.09 Å². The Hall–Kier alpha value is -1.56. The SMILES string of the molecule is CC(C)(C)OC(=O)NC1CCC(NCc2ccno2)C1. The molecule has 2 atom stereocenters. The molecule has 0 bridgehead atoms. The Bertz CT molecular complexity index is 425. The van der Waals surface area contributed by atoms with Crippen LogP contribution in [0.3, 0.4) is 0 Å². The molecule has 1 heterocycles. The normalized spacial score (nSPS) is 22.8. The molecule has 6 nitrogen and oxygen atoms in total. The Labute approximate surface area is 119 Å². The third-order valence-electron chi connectivity index (χ3n) is 3.21. The lowest BCUT2D eigenvalue weighted by molar-refractivity contribution is 0.0505. The summed E-state index contributed by atoms with van der Waals surface area (Å²) in [7, 11) is 0. The van der Waals surface area contributed by atoms with E-state index < -0.39 is 5.60 Å². The van der Waals surface area contributed by atoms with Gasteiger partial charge in [0.05, 0.1) is 12.7 Å². The molecule has 0 spiro atoms. The van der Waals surface area contributed by atoms with Crippen LogP contribution in [0.2, 0.25) is 0 Å². The van der Waals surface area contributed by atoms with Gasteiger partial charge in [0, 0.05) is 18.2 Å². The van der Waals surface area contributed by atoms with Crippen LogP contribution in [0.5, 0.6) is 0 Å². The first-order chi connectivity index (χ1) is 9.42. The molecule has 6 heteroatoms. The van der Waals surface area contributed by atoms with Crippen molar-refractivity contribution in [3.05, 3.63) is 18.0 Å². The summed E-state index contributed by atoms with van der Waals surface area (Å²) in [5.41, 5.74) is -0.452. The Morgan fingerprint density at radius 1 is 1.45 bits per heavy atom. The first-order valence-electron chi connectivity index (χ1n) is 7.05. The summed E-state index contributed by atoms with van der Waals surface area (Å²) >= 11 is 0. The Balaban J connectivity index is 1.68. The topological polar surface area (TPSA) is 76.4 Å². The zero-order chi connectivity index (χ0) is 14.6. The van der Waals surface area contributed by atoms with Crippen molar-refractivity contribution in [3.8, 4) is 0 Å². The van der Waals surface area contributed by atoms with Crippen LogP contribution < -0.4 is 10.6 Å². The fraction of sp³-hybridized carbons (Fsp3) is 0.714. The zero-order valence-corrected chi connectivity index (χ0v) is 12.3. The van der Waals surface area contributed by atoms with Gasteiger partial charge in [-0.25, -0.2) is 4.79 Å². The predicted molar refractivity (Wildman–Crippen MR) is 74.1 cm³/mol. The standard InChI is InChI=1S/C14H23N3O3/c1-14(2,3)19-13(18)17-11-5-4-10(8-11)15-9-12-6-7-16-20-12/h6-7,10-11,15H,4-5,8-9H2,1-3H3,(H,17,18). The molecule has 1 aliphatic rings. The number of carbonyl (C=O) groups is 1. The summed E-state index contributed by atoms with van der Waals surface area (Å²) in [5, 5.41) is 10.00. The molecule has 1 saturated carbocycles. The average molecular weight is 281 g/mol. The predicted octanol–water partition coefficient (Wildman–Crippen LogP) is 2.21. The third-order valence-corrected chi connectivity index (χ3v) is 3.21. The van der Waals surface area contributed by atoms with E-state index in [0.717, 1.165) is 25.0 Å². The summed E-state index contributed by atoms with van der Waals surface area (Å²) in [5.74, 6) is 0.827. The molecular formula is C14H23N3O3. The molecule has 1 fully saturated rings. The molecule has 2 unspecified atom stereocenters. The van der Waals surface area contributed by atoms with Gasteiger partial charge in [0.1, 0.15) is 11.4 Å². The third kappa shape index (κ3) is 4.85. The van der Waals surface area contributed by atoms with Gasteiger partial charge in [-0.05, 0) is 40.0 Å². The second-order valence-corrected chi connectivity index (χ2v) is 6.21. The van der Waals surface area contributed by atoms with Gasteiger partial charge in [0.15, 0.2) is 0 Å². The van der Waals surface area contributed by atoms with Gasteiger partial charge in [0.25, 0.3) is 0 Å². The van der Waals surface area contributed by atoms with Gasteiger partial charge >= 0.3 is 6.09 Å². The quantitative estimate of drug-likeness (QED) is 0.885. The van der Waals surface area contributed by atoms with Gasteiger partial charge in [-0.15, -0.1) is 0 Å². The van der Waals surface area contributed by atoms with Crippen molar-refractivity contribution in [1.29, 1.82) is 0 Å². The Morgan fingerprint density at radius 3 is 2.85 bits per heavy atom. The van der Waals surface area contributed by atoms with Gasteiger partial charge < -0.3 is 19.9 Å². The van der Waals surface area contributed by atoms with E-state index in [1.807, 2.05) is 26.8 Å². The molecule has 0 saturated heterocycles. The lowest BCUT2D eigenvalue weighted by atomic mass is 10.2. The fourth-order valence-electron chi connectivity index (χ4n) is 2.35. The van der Waals surface area contributed by atoms with Crippen LogP contribution in [0.25, 0.3) is 0 Å². The average Bonchev–Trinajstić information content (AvgIpc) is 2.94. The molecule has 1 aromatic heterocycles. The zero-order valence-electron chi connectivity index (χ0n) is 12.3. The van der Waals surface area contributed by atoms with Crippen molar-refractivity contribution in [2.24, 2.45) is 0 Å². The molecule has 1 aliphatic carbocycles. The summed E-state index contributed by atoms with van der Waals surface area (Å²) < 4.78 is 10.3. The van der Waals surface area contributed by atoms with Crippen LogP contribution in [-0.4, -0.2) is 28.9 Å². The highest BCUT2D eigenvalue weighted by atomic mass is 16.6. The van der Waals surface area contributed by atoms with Gasteiger partial charge in [-0.2, -0.15) is 0 Å². The van der Waals surface area contributed by atoms with Gasteiger partial charge in [-0.1, -0.05) is 5.16 Å². The Morgan fingerprint density at radius 2 is 2.20 bits per heavy atom. The van der Waals surface area contributed by atoms with E-state index in [2.05, 4.69) is 15.8 Å². The molecule has 2 rings (SSSR count). The van der Waals surface area contributed by atoms with E-state index in [1.54, 1.807) is 6.20 Å². The first-order valence-corrected chi connectivity index (χ1v) is 7.05. The molecule has 0 aromatic carbocycles. The van der Waals surface area contributed by atoms with Gasteiger partial charge in [0.2, 0.25) is 0 Å². The number of amides is 1. The lowest BCUT2D eigenvalue weighted by Crippen LogP contribution is -2.38. The fourth-order valence-corrected chi connectivity index (χ4v) is 2.35. The second kappa shape index (κ2) is 6.26. The lowest BCUT2D eigenvalue weighted by Gasteiger charge is -2.21. The second-order valence-electron chi connectivity index (χ2n) is 6.21. The van der Waals surface area contributed by atoms with Crippen molar-refractivity contribution in [1.82, 2.24) is 15.8 Å². The van der Waals surface area contributed by atoms with Crippen molar-refractivity contribution in [3.63, 3.8) is 0 Å². The summed E-state index contributed by atoms with van der Waals surface area (Å²) in [4.78, 5) is 11.7. The summed E-state index contributed by atoms with van der Waals surface area (Å²) in [6.07, 6.45) is 4.21. The van der Waals surface area contributed by atoms with E-state index in [0.29, 0.717) is 12.6 Å². The summed E-state index contributed by atoms with van der Waals surface area (Å²) in [6, 6.07) is 2.41. The number of nitrogens with one attached hydrogen (secondary N) is 2. The molecule has 1 amide bonds. The maximum Gasteiger partial charge on any atom is 0.407 e. The van der Waals surface area contributed by atoms with Crippen LogP contribution in [0.4, 0.5) is 4.79 Å². The molecule has 0 aliphatic heterocycles. The molecule has 1 aromatic rings. The number of nitrogens with zero attached hydrogens (tertiary/aromatic N) is 1. The number of hydrogen-bond acceptors (Lipinski definition) is 5. The van der Waals surface area contributed by atoms with E-state index in [1.165, 1.54) is 0 Å². The van der Waals surface area contributed by atoms with Crippen LogP contribution >= 0.6 is 0 Å². The number of hydrogen-bond donors (Lipinski definition) is 2. The number of rotatable bonds is 4. The number of aromatic nitrogens is 1. The van der Waals surface area contributed by atoms with E-state index in [9.17, 15) is 4.79 Å². The molecule has 2 N–H and O–H groups in total. The highest BCUT2D eigenvalue weighted by Gasteiger charge is 2.27. The number of carbonyl (C=O) groups excluding carboxylic acids is 1. The minimum atomic E-state index is -0.452. The van der Waals surface area contributed by atoms with Crippen LogP contribution in [0.15, 0.2) is 16.8 Å². The molecular weight excluding hydrogens is 258 g/mol. The number of ether oxygens (including phenoxy) is 1. The van der Waals surface area contributed by atoms with E-state index in [4.69, 9.17) is 9.26 Å². The van der Waals surface area contributed by atoms with Crippen LogP contribution in [0, 0.1) is 0 Å². The Kier molecular flexibility index (Phi) is 4.65. The highest BCUT2D eigenvalue weighted by Crippen LogP contribution is 2.20. The van der Waals surface area contributed by atoms with Crippen LogP contribution in [0.1, 0.15) is 45.8 Å². The minimum Gasteiger partial charge on any atom is -0.444 e. The first kappa shape index (κ1) is 14.8. The smallest absolute Gasteiger partial charge is 0.407 e. The van der Waals surface area contributed by atoms with Crippen molar-refractivity contribution in [2.75, 3.05) is 0 Å². The van der Waals surface area contributed by atoms with Gasteiger partial charge in [-0.3, -0.25) is 0 Å².